The van der Waals surface area contributed by atoms with E-state index in [1.54, 1.807) is 6.20 Å². The highest BCUT2D eigenvalue weighted by Crippen LogP contribution is 2.18. The number of fused-ring (bicyclic) bond motifs is 1. The van der Waals surface area contributed by atoms with Crippen LogP contribution in [0.1, 0.15) is 5.69 Å². The molecule has 0 atom stereocenters. The number of aromatic nitrogens is 5. The van der Waals surface area contributed by atoms with Gasteiger partial charge in [0.1, 0.15) is 5.82 Å². The van der Waals surface area contributed by atoms with Gasteiger partial charge >= 0.3 is 0 Å². The van der Waals surface area contributed by atoms with Gasteiger partial charge in [-0.15, -0.1) is 0 Å². The fourth-order valence-corrected chi connectivity index (χ4v) is 2.38. The van der Waals surface area contributed by atoms with Gasteiger partial charge in [-0.25, -0.2) is 15.0 Å². The maximum atomic E-state index is 11.2. The highest BCUT2D eigenvalue weighted by Gasteiger charge is 2.05. The van der Waals surface area contributed by atoms with Crippen LogP contribution in [0.2, 0.25) is 0 Å². The molecule has 3 aromatic rings. The Balaban J connectivity index is 1.80. The minimum absolute atomic E-state index is 0.211. The average molecular weight is 274 g/mol. The SMILES string of the molecule is Nc1cc(=O)[nH]c(SCc2cn3cccnc3n2)n1. The molecule has 0 aromatic carbocycles. The number of hydrogen-bond donors (Lipinski definition) is 2. The predicted molar refractivity (Wildman–Crippen MR) is 71.8 cm³/mol. The number of nitrogens with two attached hydrogens (primary N) is 1. The molecule has 3 N–H and O–H groups in total. The first-order valence-corrected chi connectivity index (χ1v) is 6.47. The number of aromatic amines is 1. The van der Waals surface area contributed by atoms with Crippen LogP contribution in [0.4, 0.5) is 5.82 Å². The van der Waals surface area contributed by atoms with Crippen LogP contribution in [0, 0.1) is 0 Å². The van der Waals surface area contributed by atoms with Crippen molar-refractivity contribution >= 4 is 23.4 Å². The summed E-state index contributed by atoms with van der Waals surface area (Å²) in [5, 5.41) is 0.481. The van der Waals surface area contributed by atoms with Crippen LogP contribution in [0.3, 0.4) is 0 Å². The van der Waals surface area contributed by atoms with Crippen LogP contribution < -0.4 is 11.3 Å². The molecule has 3 aromatic heterocycles. The minimum Gasteiger partial charge on any atom is -0.383 e. The summed E-state index contributed by atoms with van der Waals surface area (Å²) in [6, 6.07) is 3.08. The summed E-state index contributed by atoms with van der Waals surface area (Å²) in [6.45, 7) is 0. The molecule has 0 saturated heterocycles. The van der Waals surface area contributed by atoms with Crippen LogP contribution >= 0.6 is 11.8 Å². The molecule has 0 amide bonds. The van der Waals surface area contributed by atoms with Crippen molar-refractivity contribution < 1.29 is 0 Å². The quantitative estimate of drug-likeness (QED) is 0.538. The molecule has 0 fully saturated rings. The molecular weight excluding hydrogens is 264 g/mol. The number of hydrogen-bond acceptors (Lipinski definition) is 6. The number of nitrogens with zero attached hydrogens (tertiary/aromatic N) is 4. The van der Waals surface area contributed by atoms with E-state index in [4.69, 9.17) is 5.73 Å². The maximum absolute atomic E-state index is 11.2. The topological polar surface area (TPSA) is 102 Å². The number of rotatable bonds is 3. The Bertz CT molecular complexity index is 747. The van der Waals surface area contributed by atoms with Gasteiger partial charge in [0.05, 0.1) is 5.69 Å². The van der Waals surface area contributed by atoms with Gasteiger partial charge in [0.25, 0.3) is 5.56 Å². The Labute approximate surface area is 111 Å². The summed E-state index contributed by atoms with van der Waals surface area (Å²) >= 11 is 1.37. The normalized spacial score (nSPS) is 10.9. The van der Waals surface area contributed by atoms with Gasteiger partial charge in [0.15, 0.2) is 5.16 Å². The van der Waals surface area contributed by atoms with Crippen molar-refractivity contribution in [2.75, 3.05) is 5.73 Å². The van der Waals surface area contributed by atoms with Crippen LogP contribution in [0.5, 0.6) is 0 Å². The molecule has 96 valence electrons. The standard InChI is InChI=1S/C11H10N6OS/c12-8-4-9(18)16-11(15-8)19-6-7-5-17-3-1-2-13-10(17)14-7/h1-5H,6H2,(H3,12,15,16,18). The number of nitrogens with one attached hydrogen (secondary N) is 1. The van der Waals surface area contributed by atoms with Gasteiger partial charge in [-0.05, 0) is 6.07 Å². The Morgan fingerprint density at radius 1 is 1.42 bits per heavy atom. The van der Waals surface area contributed by atoms with E-state index in [0.29, 0.717) is 16.7 Å². The Hall–Kier alpha value is -2.35. The number of H-pyrrole nitrogens is 1. The highest BCUT2D eigenvalue weighted by atomic mass is 32.2. The molecule has 19 heavy (non-hydrogen) atoms. The molecule has 0 aliphatic carbocycles. The Morgan fingerprint density at radius 2 is 2.32 bits per heavy atom. The second-order valence-electron chi connectivity index (χ2n) is 3.82. The molecule has 0 bridgehead atoms. The van der Waals surface area contributed by atoms with Crippen molar-refractivity contribution in [1.29, 1.82) is 0 Å². The van der Waals surface area contributed by atoms with Crippen LogP contribution in [0.25, 0.3) is 5.78 Å². The van der Waals surface area contributed by atoms with E-state index in [9.17, 15) is 4.79 Å². The smallest absolute Gasteiger partial charge is 0.253 e. The van der Waals surface area contributed by atoms with Crippen LogP contribution in [0.15, 0.2) is 40.7 Å². The molecular formula is C11H10N6OS. The predicted octanol–water partition coefficient (Wildman–Crippen LogP) is 0.687. The largest absolute Gasteiger partial charge is 0.383 e. The van der Waals surface area contributed by atoms with Gasteiger partial charge in [-0.2, -0.15) is 0 Å². The third kappa shape index (κ3) is 2.58. The lowest BCUT2D eigenvalue weighted by atomic mass is 10.6. The number of imidazole rings is 1. The molecule has 0 unspecified atom stereocenters. The van der Waals surface area contributed by atoms with Crippen molar-refractivity contribution in [2.24, 2.45) is 0 Å². The monoisotopic (exact) mass is 274 g/mol. The number of thioether (sulfide) groups is 1. The van der Waals surface area contributed by atoms with E-state index in [-0.39, 0.29) is 11.4 Å². The van der Waals surface area contributed by atoms with Crippen molar-refractivity contribution in [3.05, 3.63) is 46.8 Å². The van der Waals surface area contributed by atoms with Crippen LogP contribution in [-0.4, -0.2) is 24.3 Å². The second kappa shape index (κ2) is 4.73. The van der Waals surface area contributed by atoms with Gasteiger partial charge in [0, 0.05) is 30.4 Å². The first kappa shape index (κ1) is 11.7. The zero-order valence-electron chi connectivity index (χ0n) is 9.78. The lowest BCUT2D eigenvalue weighted by Gasteiger charge is -1.98. The number of anilines is 1. The summed E-state index contributed by atoms with van der Waals surface area (Å²) < 4.78 is 1.84. The van der Waals surface area contributed by atoms with Gasteiger partial charge in [-0.3, -0.25) is 9.20 Å². The molecule has 0 aliphatic rings. The van der Waals surface area contributed by atoms with Gasteiger partial charge in [-0.1, -0.05) is 11.8 Å². The van der Waals surface area contributed by atoms with Crippen molar-refractivity contribution in [2.45, 2.75) is 10.9 Å². The first-order chi connectivity index (χ1) is 9.20. The summed E-state index contributed by atoms with van der Waals surface area (Å²) in [5.74, 6) is 1.44. The maximum Gasteiger partial charge on any atom is 0.253 e. The highest BCUT2D eigenvalue weighted by molar-refractivity contribution is 7.98. The fraction of sp³-hybridized carbons (Fsp3) is 0.0909. The van der Waals surface area contributed by atoms with E-state index in [1.165, 1.54) is 17.8 Å². The first-order valence-electron chi connectivity index (χ1n) is 5.49. The Morgan fingerprint density at radius 3 is 3.11 bits per heavy atom. The molecule has 3 heterocycles. The van der Waals surface area contributed by atoms with Gasteiger partial charge < -0.3 is 10.7 Å². The molecule has 3 rings (SSSR count). The Kier molecular flexibility index (Phi) is 2.92. The molecule has 0 radical (unpaired) electrons. The second-order valence-corrected chi connectivity index (χ2v) is 4.79. The molecule has 0 saturated carbocycles. The fourth-order valence-electron chi connectivity index (χ4n) is 1.61. The van der Waals surface area contributed by atoms with Crippen molar-refractivity contribution in [3.63, 3.8) is 0 Å². The molecule has 8 heteroatoms. The lowest BCUT2D eigenvalue weighted by Crippen LogP contribution is -2.09. The van der Waals surface area contributed by atoms with E-state index in [2.05, 4.69) is 19.9 Å². The third-order valence-corrected chi connectivity index (χ3v) is 3.29. The molecule has 7 nitrogen and oxygen atoms in total. The van der Waals surface area contributed by atoms with E-state index < -0.39 is 0 Å². The van der Waals surface area contributed by atoms with Crippen molar-refractivity contribution in [3.8, 4) is 0 Å². The number of nitrogen functional groups attached to an aromatic ring is 1. The third-order valence-electron chi connectivity index (χ3n) is 2.38. The van der Waals surface area contributed by atoms with E-state index in [1.807, 2.05) is 22.9 Å². The van der Waals surface area contributed by atoms with Crippen LogP contribution in [-0.2, 0) is 5.75 Å². The molecule has 0 spiro atoms. The molecule has 0 aliphatic heterocycles. The summed E-state index contributed by atoms with van der Waals surface area (Å²) in [7, 11) is 0. The minimum atomic E-state index is -0.258. The zero-order chi connectivity index (χ0) is 13.2. The van der Waals surface area contributed by atoms with Crippen molar-refractivity contribution in [1.82, 2.24) is 24.3 Å². The summed E-state index contributed by atoms with van der Waals surface area (Å²) in [6.07, 6.45) is 5.46. The van der Waals surface area contributed by atoms with Gasteiger partial charge in [0.2, 0.25) is 5.78 Å². The lowest BCUT2D eigenvalue weighted by molar-refractivity contribution is 0.944. The average Bonchev–Trinajstić information content (AvgIpc) is 2.78. The summed E-state index contributed by atoms with van der Waals surface area (Å²) in [5.41, 5.74) is 6.11. The van der Waals surface area contributed by atoms with E-state index >= 15 is 0 Å². The zero-order valence-corrected chi connectivity index (χ0v) is 10.6. The van der Waals surface area contributed by atoms with E-state index in [0.717, 1.165) is 5.69 Å². The summed E-state index contributed by atoms with van der Waals surface area (Å²) in [4.78, 5) is 26.4.